The van der Waals surface area contributed by atoms with E-state index in [1.54, 1.807) is 18.2 Å². The Balaban J connectivity index is 2.04. The SMILES string of the molecule is O=C(O)c1ccc(Cl)cc1-c1ccc2ccc3ccccc3c2c1. The van der Waals surface area contributed by atoms with Crippen LogP contribution in [-0.4, -0.2) is 11.1 Å². The second-order valence-corrected chi connectivity index (χ2v) is 6.15. The van der Waals surface area contributed by atoms with Crippen LogP contribution in [0.1, 0.15) is 10.4 Å². The molecule has 0 atom stereocenters. The fraction of sp³-hybridized carbons (Fsp3) is 0. The molecule has 4 aromatic carbocycles. The molecule has 0 fully saturated rings. The maximum absolute atomic E-state index is 11.5. The van der Waals surface area contributed by atoms with Crippen molar-refractivity contribution < 1.29 is 9.90 Å². The highest BCUT2D eigenvalue weighted by molar-refractivity contribution is 6.31. The van der Waals surface area contributed by atoms with Gasteiger partial charge in [-0.25, -0.2) is 4.79 Å². The highest BCUT2D eigenvalue weighted by Gasteiger charge is 2.13. The van der Waals surface area contributed by atoms with Crippen molar-refractivity contribution in [3.63, 3.8) is 0 Å². The van der Waals surface area contributed by atoms with Crippen molar-refractivity contribution in [2.24, 2.45) is 0 Å². The number of benzene rings is 4. The van der Waals surface area contributed by atoms with Gasteiger partial charge in [0.2, 0.25) is 0 Å². The maximum Gasteiger partial charge on any atom is 0.336 e. The topological polar surface area (TPSA) is 37.3 Å². The van der Waals surface area contributed by atoms with Gasteiger partial charge in [-0.1, -0.05) is 60.1 Å². The summed E-state index contributed by atoms with van der Waals surface area (Å²) >= 11 is 6.09. The lowest BCUT2D eigenvalue weighted by molar-refractivity contribution is 0.0697. The van der Waals surface area contributed by atoms with Crippen LogP contribution in [0, 0.1) is 0 Å². The van der Waals surface area contributed by atoms with Gasteiger partial charge in [0.25, 0.3) is 0 Å². The summed E-state index contributed by atoms with van der Waals surface area (Å²) in [6.45, 7) is 0. The number of hydrogen-bond donors (Lipinski definition) is 1. The average molecular weight is 333 g/mol. The zero-order chi connectivity index (χ0) is 16.7. The number of carbonyl (C=O) groups is 1. The quantitative estimate of drug-likeness (QED) is 0.456. The maximum atomic E-state index is 11.5. The minimum Gasteiger partial charge on any atom is -0.478 e. The fourth-order valence-electron chi connectivity index (χ4n) is 3.11. The van der Waals surface area contributed by atoms with Crippen LogP contribution in [0.3, 0.4) is 0 Å². The molecule has 0 spiro atoms. The van der Waals surface area contributed by atoms with E-state index in [1.807, 2.05) is 30.3 Å². The number of fused-ring (bicyclic) bond motifs is 3. The summed E-state index contributed by atoms with van der Waals surface area (Å²) < 4.78 is 0. The second kappa shape index (κ2) is 5.66. The molecule has 24 heavy (non-hydrogen) atoms. The Hall–Kier alpha value is -2.84. The molecule has 116 valence electrons. The highest BCUT2D eigenvalue weighted by Crippen LogP contribution is 2.32. The van der Waals surface area contributed by atoms with Crippen molar-refractivity contribution in [1.29, 1.82) is 0 Å². The Kier molecular flexibility index (Phi) is 3.47. The first-order chi connectivity index (χ1) is 11.6. The molecule has 0 aliphatic heterocycles. The van der Waals surface area contributed by atoms with Gasteiger partial charge < -0.3 is 5.11 Å². The Bertz CT molecular complexity index is 1100. The van der Waals surface area contributed by atoms with E-state index in [0.29, 0.717) is 10.6 Å². The van der Waals surface area contributed by atoms with Gasteiger partial charge >= 0.3 is 5.97 Å². The largest absolute Gasteiger partial charge is 0.478 e. The first-order valence-electron chi connectivity index (χ1n) is 7.58. The molecule has 0 aliphatic rings. The Morgan fingerprint density at radius 2 is 1.50 bits per heavy atom. The third-order valence-electron chi connectivity index (χ3n) is 4.27. The van der Waals surface area contributed by atoms with Gasteiger partial charge in [-0.15, -0.1) is 0 Å². The fourth-order valence-corrected chi connectivity index (χ4v) is 3.28. The number of aromatic carboxylic acids is 1. The summed E-state index contributed by atoms with van der Waals surface area (Å²) in [5.41, 5.74) is 1.72. The van der Waals surface area contributed by atoms with Gasteiger partial charge in [0.1, 0.15) is 0 Å². The lowest BCUT2D eigenvalue weighted by Gasteiger charge is -2.10. The molecule has 1 N–H and O–H groups in total. The molecule has 4 aromatic rings. The smallest absolute Gasteiger partial charge is 0.336 e. The lowest BCUT2D eigenvalue weighted by atomic mass is 9.95. The van der Waals surface area contributed by atoms with Crippen LogP contribution in [0.15, 0.2) is 72.8 Å². The molecule has 0 bridgehead atoms. The van der Waals surface area contributed by atoms with Gasteiger partial charge in [0, 0.05) is 5.02 Å². The normalized spacial score (nSPS) is 11.0. The molecule has 3 heteroatoms. The van der Waals surface area contributed by atoms with Gasteiger partial charge in [-0.3, -0.25) is 0 Å². The van der Waals surface area contributed by atoms with E-state index in [2.05, 4.69) is 24.3 Å². The third kappa shape index (κ3) is 2.41. The van der Waals surface area contributed by atoms with Gasteiger partial charge in [0.15, 0.2) is 0 Å². The highest BCUT2D eigenvalue weighted by atomic mass is 35.5. The second-order valence-electron chi connectivity index (χ2n) is 5.72. The van der Waals surface area contributed by atoms with E-state index >= 15 is 0 Å². The van der Waals surface area contributed by atoms with Gasteiger partial charge in [-0.2, -0.15) is 0 Å². The summed E-state index contributed by atoms with van der Waals surface area (Å²) in [7, 11) is 0. The summed E-state index contributed by atoms with van der Waals surface area (Å²) in [5, 5.41) is 14.5. The van der Waals surface area contributed by atoms with Crippen LogP contribution in [0.25, 0.3) is 32.7 Å². The van der Waals surface area contributed by atoms with E-state index in [9.17, 15) is 9.90 Å². The molecule has 0 amide bonds. The molecule has 0 radical (unpaired) electrons. The first kappa shape index (κ1) is 14.7. The van der Waals surface area contributed by atoms with Crippen molar-refractivity contribution in [3.8, 4) is 11.1 Å². The molecule has 0 unspecified atom stereocenters. The summed E-state index contributed by atoms with van der Waals surface area (Å²) in [5.74, 6) is -0.959. The van der Waals surface area contributed by atoms with E-state index in [0.717, 1.165) is 27.1 Å². The minimum atomic E-state index is -0.959. The van der Waals surface area contributed by atoms with Gasteiger partial charge in [-0.05, 0) is 56.9 Å². The lowest BCUT2D eigenvalue weighted by Crippen LogP contribution is -1.99. The number of carboxylic acids is 1. The molecule has 2 nitrogen and oxygen atoms in total. The van der Waals surface area contributed by atoms with Crippen LogP contribution in [-0.2, 0) is 0 Å². The predicted octanol–water partition coefficient (Wildman–Crippen LogP) is 6.01. The van der Waals surface area contributed by atoms with Crippen LogP contribution in [0.5, 0.6) is 0 Å². The molecular weight excluding hydrogens is 320 g/mol. The first-order valence-corrected chi connectivity index (χ1v) is 7.96. The van der Waals surface area contributed by atoms with E-state index in [4.69, 9.17) is 11.6 Å². The predicted molar refractivity (Wildman–Crippen MR) is 98.9 cm³/mol. The summed E-state index contributed by atoms with van der Waals surface area (Å²) in [6, 6.07) is 23.2. The zero-order valence-corrected chi connectivity index (χ0v) is 13.4. The van der Waals surface area contributed by atoms with Crippen molar-refractivity contribution >= 4 is 39.1 Å². The monoisotopic (exact) mass is 332 g/mol. The molecular formula is C21H13ClO2. The Morgan fingerprint density at radius 3 is 2.29 bits per heavy atom. The molecule has 4 rings (SSSR count). The Morgan fingerprint density at radius 1 is 0.792 bits per heavy atom. The van der Waals surface area contributed by atoms with Crippen molar-refractivity contribution in [2.45, 2.75) is 0 Å². The van der Waals surface area contributed by atoms with Crippen molar-refractivity contribution in [3.05, 3.63) is 83.4 Å². The minimum absolute atomic E-state index is 0.249. The molecule has 0 heterocycles. The molecule has 0 saturated carbocycles. The van der Waals surface area contributed by atoms with E-state index < -0.39 is 5.97 Å². The number of hydrogen-bond acceptors (Lipinski definition) is 1. The van der Waals surface area contributed by atoms with Crippen molar-refractivity contribution in [1.82, 2.24) is 0 Å². The van der Waals surface area contributed by atoms with Gasteiger partial charge in [0.05, 0.1) is 5.56 Å². The average Bonchev–Trinajstić information content (AvgIpc) is 2.61. The van der Waals surface area contributed by atoms with Crippen LogP contribution in [0.4, 0.5) is 0 Å². The standard InChI is InChI=1S/C21H13ClO2/c22-16-9-10-18(21(23)24)20(12-16)15-8-7-14-6-5-13-3-1-2-4-17(13)19(14)11-15/h1-12H,(H,23,24). The van der Waals surface area contributed by atoms with Crippen LogP contribution in [0.2, 0.25) is 5.02 Å². The molecule has 0 saturated heterocycles. The van der Waals surface area contributed by atoms with Crippen LogP contribution >= 0.6 is 11.6 Å². The number of halogens is 1. The van der Waals surface area contributed by atoms with Crippen molar-refractivity contribution in [2.75, 3.05) is 0 Å². The zero-order valence-electron chi connectivity index (χ0n) is 12.7. The summed E-state index contributed by atoms with van der Waals surface area (Å²) in [6.07, 6.45) is 0. The molecule has 0 aliphatic carbocycles. The summed E-state index contributed by atoms with van der Waals surface area (Å²) in [4.78, 5) is 11.5. The third-order valence-corrected chi connectivity index (χ3v) is 4.50. The number of rotatable bonds is 2. The molecule has 0 aromatic heterocycles. The van der Waals surface area contributed by atoms with E-state index in [1.165, 1.54) is 0 Å². The Labute approximate surface area is 143 Å². The van der Waals surface area contributed by atoms with E-state index in [-0.39, 0.29) is 5.56 Å². The van der Waals surface area contributed by atoms with Crippen LogP contribution < -0.4 is 0 Å². The number of carboxylic acid groups (broad SMARTS) is 1.